The zero-order valence-electron chi connectivity index (χ0n) is 11.4. The SMILES string of the molecule is CO/N=C1/[C@@H](F)[C@H](n2ccc(NOC)nc2=O)O[C@@H]1CO. The minimum Gasteiger partial charge on any atom is -0.399 e. The Morgan fingerprint density at radius 1 is 1.62 bits per heavy atom. The largest absolute Gasteiger partial charge is 0.399 e. The van der Waals surface area contributed by atoms with Crippen LogP contribution in [0.15, 0.2) is 22.2 Å². The van der Waals surface area contributed by atoms with E-state index in [1.807, 2.05) is 0 Å². The lowest BCUT2D eigenvalue weighted by molar-refractivity contribution is -0.0364. The Hall–Kier alpha value is -2.04. The van der Waals surface area contributed by atoms with Crippen LogP contribution in [0.5, 0.6) is 0 Å². The summed E-state index contributed by atoms with van der Waals surface area (Å²) >= 11 is 0. The lowest BCUT2D eigenvalue weighted by atomic mass is 10.2. The van der Waals surface area contributed by atoms with Gasteiger partial charge in [-0.05, 0) is 6.07 Å². The molecule has 0 radical (unpaired) electrons. The molecule has 0 aromatic carbocycles. The summed E-state index contributed by atoms with van der Waals surface area (Å²) in [6, 6.07) is 1.42. The normalized spacial score (nSPS) is 27.0. The Bertz CT molecular complexity index is 578. The molecule has 1 saturated heterocycles. The quantitative estimate of drug-likeness (QED) is 0.702. The summed E-state index contributed by atoms with van der Waals surface area (Å²) in [5, 5.41) is 12.7. The van der Waals surface area contributed by atoms with Crippen LogP contribution in [0.25, 0.3) is 0 Å². The zero-order valence-corrected chi connectivity index (χ0v) is 11.4. The summed E-state index contributed by atoms with van der Waals surface area (Å²) in [6.07, 6.45) is -2.68. The summed E-state index contributed by atoms with van der Waals surface area (Å²) in [4.78, 5) is 24.7. The molecule has 2 N–H and O–H groups in total. The number of nitrogens with zero attached hydrogens (tertiary/aromatic N) is 3. The minimum atomic E-state index is -1.73. The first-order valence-corrected chi connectivity index (χ1v) is 6.01. The maximum absolute atomic E-state index is 14.3. The highest BCUT2D eigenvalue weighted by atomic mass is 19.1. The number of anilines is 1. The number of rotatable bonds is 5. The van der Waals surface area contributed by atoms with Crippen molar-refractivity contribution < 1.29 is 23.9 Å². The van der Waals surface area contributed by atoms with Crippen LogP contribution < -0.4 is 11.2 Å². The van der Waals surface area contributed by atoms with Crippen LogP contribution in [0.3, 0.4) is 0 Å². The minimum absolute atomic E-state index is 0.115. The van der Waals surface area contributed by atoms with Crippen LogP contribution in [-0.2, 0) is 14.4 Å². The Kier molecular flexibility index (Phi) is 4.83. The molecule has 0 unspecified atom stereocenters. The monoisotopic (exact) mass is 302 g/mol. The van der Waals surface area contributed by atoms with Crippen molar-refractivity contribution >= 4 is 11.5 Å². The molecule has 0 aliphatic carbocycles. The van der Waals surface area contributed by atoms with E-state index < -0.39 is 30.8 Å². The molecule has 21 heavy (non-hydrogen) atoms. The van der Waals surface area contributed by atoms with Crippen molar-refractivity contribution in [1.29, 1.82) is 0 Å². The second-order valence-corrected chi connectivity index (χ2v) is 4.11. The summed E-state index contributed by atoms with van der Waals surface area (Å²) in [7, 11) is 2.62. The van der Waals surface area contributed by atoms with Crippen molar-refractivity contribution in [3.05, 3.63) is 22.7 Å². The molecule has 0 spiro atoms. The van der Waals surface area contributed by atoms with Crippen LogP contribution in [-0.4, -0.2) is 53.5 Å². The molecule has 1 aromatic rings. The third-order valence-electron chi connectivity index (χ3n) is 2.84. The van der Waals surface area contributed by atoms with Crippen LogP contribution in [0, 0.1) is 0 Å². The van der Waals surface area contributed by atoms with E-state index in [2.05, 4.69) is 25.3 Å². The van der Waals surface area contributed by atoms with Gasteiger partial charge in [-0.15, -0.1) is 0 Å². The second-order valence-electron chi connectivity index (χ2n) is 4.11. The van der Waals surface area contributed by atoms with Crippen LogP contribution in [0.2, 0.25) is 0 Å². The van der Waals surface area contributed by atoms with Gasteiger partial charge in [-0.25, -0.2) is 14.7 Å². The Morgan fingerprint density at radius 2 is 2.38 bits per heavy atom. The molecular formula is C11H15FN4O5. The Morgan fingerprint density at radius 3 is 2.95 bits per heavy atom. The highest BCUT2D eigenvalue weighted by Gasteiger charge is 2.44. The van der Waals surface area contributed by atoms with Gasteiger partial charge in [0, 0.05) is 6.20 Å². The molecule has 116 valence electrons. The fraction of sp³-hybridized carbons (Fsp3) is 0.545. The maximum atomic E-state index is 14.3. The summed E-state index contributed by atoms with van der Waals surface area (Å²) in [6.45, 7) is -0.482. The van der Waals surface area contributed by atoms with E-state index in [1.54, 1.807) is 0 Å². The van der Waals surface area contributed by atoms with Crippen molar-refractivity contribution in [3.63, 3.8) is 0 Å². The van der Waals surface area contributed by atoms with Gasteiger partial charge in [0.2, 0.25) is 0 Å². The van der Waals surface area contributed by atoms with Gasteiger partial charge in [0.15, 0.2) is 18.2 Å². The second kappa shape index (κ2) is 6.61. The van der Waals surface area contributed by atoms with Gasteiger partial charge in [0.1, 0.15) is 18.9 Å². The summed E-state index contributed by atoms with van der Waals surface area (Å²) < 4.78 is 20.6. The van der Waals surface area contributed by atoms with Gasteiger partial charge in [0.05, 0.1) is 13.7 Å². The molecule has 0 bridgehead atoms. The lowest BCUT2D eigenvalue weighted by Crippen LogP contribution is -2.31. The third-order valence-corrected chi connectivity index (χ3v) is 2.84. The first-order chi connectivity index (χ1) is 10.1. The molecule has 9 nitrogen and oxygen atoms in total. The number of alkyl halides is 1. The predicted molar refractivity (Wildman–Crippen MR) is 69.5 cm³/mol. The molecule has 2 rings (SSSR count). The fourth-order valence-electron chi connectivity index (χ4n) is 1.96. The Labute approximate surface area is 118 Å². The molecule has 1 aliphatic rings. The van der Waals surface area contributed by atoms with Crippen LogP contribution in [0.4, 0.5) is 10.2 Å². The average molecular weight is 302 g/mol. The number of hydrogen-bond donors (Lipinski definition) is 2. The standard InChI is InChI=1S/C11H15FN4O5/c1-19-14-7-3-4-16(11(18)13-7)10-8(12)9(15-20-2)6(5-17)21-10/h3-4,6,8,10,17H,5H2,1-2H3,(H,13,14,18)/b15-9+/t6-,8-,10-/m1/s1. The molecular weight excluding hydrogens is 287 g/mol. The molecule has 1 aromatic heterocycles. The van der Waals surface area contributed by atoms with Crippen LogP contribution >= 0.6 is 0 Å². The van der Waals surface area contributed by atoms with Gasteiger partial charge >= 0.3 is 5.69 Å². The first kappa shape index (κ1) is 15.4. The van der Waals surface area contributed by atoms with E-state index in [9.17, 15) is 14.3 Å². The van der Waals surface area contributed by atoms with Crippen LogP contribution in [0.1, 0.15) is 6.23 Å². The fourth-order valence-corrected chi connectivity index (χ4v) is 1.96. The summed E-state index contributed by atoms with van der Waals surface area (Å²) in [5.74, 6) is 0.177. The van der Waals surface area contributed by atoms with E-state index in [-0.39, 0.29) is 11.5 Å². The third kappa shape index (κ3) is 3.01. The zero-order chi connectivity index (χ0) is 15.4. The molecule has 0 saturated carbocycles. The maximum Gasteiger partial charge on any atom is 0.351 e. The van der Waals surface area contributed by atoms with E-state index >= 15 is 0 Å². The number of aromatic nitrogens is 2. The highest BCUT2D eigenvalue weighted by molar-refractivity contribution is 5.94. The number of hydrogen-bond acceptors (Lipinski definition) is 8. The van der Waals surface area contributed by atoms with E-state index in [1.165, 1.54) is 26.5 Å². The molecule has 0 amide bonds. The molecule has 2 heterocycles. The van der Waals surface area contributed by atoms with E-state index in [0.717, 1.165) is 4.57 Å². The van der Waals surface area contributed by atoms with Gasteiger partial charge in [-0.3, -0.25) is 9.40 Å². The number of aliphatic hydroxyl groups excluding tert-OH is 1. The van der Waals surface area contributed by atoms with Gasteiger partial charge in [-0.1, -0.05) is 5.16 Å². The van der Waals surface area contributed by atoms with Gasteiger partial charge in [-0.2, -0.15) is 4.98 Å². The first-order valence-electron chi connectivity index (χ1n) is 6.01. The molecule has 1 aliphatic heterocycles. The number of nitrogens with one attached hydrogen (secondary N) is 1. The van der Waals surface area contributed by atoms with E-state index in [0.29, 0.717) is 0 Å². The molecule has 1 fully saturated rings. The number of halogens is 1. The molecule has 3 atom stereocenters. The summed E-state index contributed by atoms with van der Waals surface area (Å²) in [5.41, 5.74) is 1.53. The topological polar surface area (TPSA) is 107 Å². The number of ether oxygens (including phenoxy) is 1. The Balaban J connectivity index is 2.30. The lowest BCUT2D eigenvalue weighted by Gasteiger charge is -2.15. The van der Waals surface area contributed by atoms with Crippen molar-refractivity contribution in [2.75, 3.05) is 26.3 Å². The smallest absolute Gasteiger partial charge is 0.351 e. The van der Waals surface area contributed by atoms with Gasteiger partial charge < -0.3 is 14.7 Å². The van der Waals surface area contributed by atoms with Crippen molar-refractivity contribution in [1.82, 2.24) is 9.55 Å². The predicted octanol–water partition coefficient (Wildman–Crippen LogP) is -0.553. The average Bonchev–Trinajstić information content (AvgIpc) is 2.77. The van der Waals surface area contributed by atoms with Crippen molar-refractivity contribution in [2.45, 2.75) is 18.5 Å². The van der Waals surface area contributed by atoms with E-state index in [4.69, 9.17) is 4.74 Å². The number of aliphatic hydroxyl groups is 1. The van der Waals surface area contributed by atoms with Gasteiger partial charge in [0.25, 0.3) is 0 Å². The van der Waals surface area contributed by atoms with Crippen molar-refractivity contribution in [2.24, 2.45) is 5.16 Å². The van der Waals surface area contributed by atoms with Crippen molar-refractivity contribution in [3.8, 4) is 0 Å². The highest BCUT2D eigenvalue weighted by Crippen LogP contribution is 2.28. The number of oxime groups is 1. The molecule has 10 heteroatoms.